The maximum atomic E-state index is 14.2. The van der Waals surface area contributed by atoms with Crippen molar-refractivity contribution in [3.05, 3.63) is 106 Å². The van der Waals surface area contributed by atoms with E-state index in [-0.39, 0.29) is 61.2 Å². The van der Waals surface area contributed by atoms with Gasteiger partial charge in [-0.1, -0.05) is 36.8 Å². The lowest BCUT2D eigenvalue weighted by Gasteiger charge is -2.17. The van der Waals surface area contributed by atoms with Gasteiger partial charge in [-0.25, -0.2) is 25.6 Å². The third-order valence-electron chi connectivity index (χ3n) is 7.70. The summed E-state index contributed by atoms with van der Waals surface area (Å²) in [5.74, 6) is -0.853. The van der Waals surface area contributed by atoms with Crippen LogP contribution in [0.4, 0.5) is 0 Å². The van der Waals surface area contributed by atoms with Crippen LogP contribution in [0.25, 0.3) is 22.0 Å². The van der Waals surface area contributed by atoms with Gasteiger partial charge >= 0.3 is 5.97 Å². The molecular weight excluding hydrogens is 645 g/mol. The fourth-order valence-corrected chi connectivity index (χ4v) is 7.60. The molecule has 0 N–H and O–H groups in total. The molecule has 0 unspecified atom stereocenters. The Hall–Kier alpha value is -5.01. The van der Waals surface area contributed by atoms with Crippen LogP contribution < -0.4 is 10.3 Å². The summed E-state index contributed by atoms with van der Waals surface area (Å²) in [6, 6.07) is 16.3. The van der Waals surface area contributed by atoms with Gasteiger partial charge in [-0.3, -0.25) is 9.59 Å². The number of aromatic nitrogens is 2. The molecular formula is C34H32N2O9S2. The van der Waals surface area contributed by atoms with Gasteiger partial charge in [-0.05, 0) is 68.8 Å². The van der Waals surface area contributed by atoms with Gasteiger partial charge in [0.25, 0.3) is 15.6 Å². The van der Waals surface area contributed by atoms with Gasteiger partial charge in [0, 0.05) is 29.8 Å². The highest BCUT2D eigenvalue weighted by molar-refractivity contribution is 7.91. The molecule has 0 aliphatic carbocycles. The molecule has 11 nitrogen and oxygen atoms in total. The Kier molecular flexibility index (Phi) is 8.98. The van der Waals surface area contributed by atoms with Gasteiger partial charge in [-0.2, -0.15) is 0 Å². The standard InChI is InChI=1S/C34H32N2O9S2/c1-6-44-34(39)29-18-27-28(19-35(5)33(38)31(27)36(29)47(42,43)24-13-11-21(3)12-14-24)26-17-25(46(40,41)7-2)15-16-30(26)45-32-22(4)9-8-10-23(32)20-37/h8-20H,6-7H2,1-5H3. The SMILES string of the molecule is CCOC(=O)c1cc2c(-c3cc(S(=O)(=O)CC)ccc3Oc3c(C)cccc3C=O)cn(C)c(=O)c2n1S(=O)(=O)c1ccc(C)cc1. The van der Waals surface area contributed by atoms with Crippen molar-refractivity contribution >= 4 is 43.0 Å². The first kappa shape index (κ1) is 33.4. The quantitative estimate of drug-likeness (QED) is 0.139. The Balaban J connectivity index is 1.92. The van der Waals surface area contributed by atoms with Crippen molar-refractivity contribution in [1.82, 2.24) is 8.54 Å². The van der Waals surface area contributed by atoms with Gasteiger partial charge in [-0.15, -0.1) is 0 Å². The van der Waals surface area contributed by atoms with Crippen LogP contribution in [0, 0.1) is 13.8 Å². The van der Waals surface area contributed by atoms with E-state index < -0.39 is 37.1 Å². The van der Waals surface area contributed by atoms with Gasteiger partial charge in [0.2, 0.25) is 0 Å². The van der Waals surface area contributed by atoms with E-state index in [2.05, 4.69) is 0 Å². The van der Waals surface area contributed by atoms with Crippen molar-refractivity contribution in [2.45, 2.75) is 37.5 Å². The Bertz CT molecular complexity index is 2340. The fraction of sp³-hybridized carbons (Fsp3) is 0.206. The molecule has 5 rings (SSSR count). The summed E-state index contributed by atoms with van der Waals surface area (Å²) < 4.78 is 67.7. The zero-order valence-electron chi connectivity index (χ0n) is 26.3. The molecule has 0 saturated carbocycles. The lowest BCUT2D eigenvalue weighted by Crippen LogP contribution is -2.25. The fourth-order valence-electron chi connectivity index (χ4n) is 5.20. The van der Waals surface area contributed by atoms with Crippen LogP contribution >= 0.6 is 0 Å². The second-order valence-corrected chi connectivity index (χ2v) is 14.9. The van der Waals surface area contributed by atoms with Crippen LogP contribution in [0.15, 0.2) is 87.5 Å². The molecule has 13 heteroatoms. The molecule has 0 aliphatic rings. The van der Waals surface area contributed by atoms with Crippen LogP contribution in [0.5, 0.6) is 11.5 Å². The molecule has 0 saturated heterocycles. The van der Waals surface area contributed by atoms with Crippen molar-refractivity contribution in [2.75, 3.05) is 12.4 Å². The topological polar surface area (TPSA) is 148 Å². The summed E-state index contributed by atoms with van der Waals surface area (Å²) in [6.45, 7) is 6.51. The number of para-hydroxylation sites is 1. The average molecular weight is 677 g/mol. The lowest BCUT2D eigenvalue weighted by molar-refractivity contribution is 0.0518. The van der Waals surface area contributed by atoms with E-state index in [1.807, 2.05) is 0 Å². The van der Waals surface area contributed by atoms with Crippen LogP contribution in [0.3, 0.4) is 0 Å². The second-order valence-electron chi connectivity index (χ2n) is 10.8. The van der Waals surface area contributed by atoms with E-state index in [0.717, 1.165) is 10.1 Å². The van der Waals surface area contributed by atoms with E-state index in [0.29, 0.717) is 15.8 Å². The summed E-state index contributed by atoms with van der Waals surface area (Å²) in [5.41, 5.74) is 0.503. The van der Waals surface area contributed by atoms with Crippen molar-refractivity contribution in [3.63, 3.8) is 0 Å². The van der Waals surface area contributed by atoms with E-state index in [4.69, 9.17) is 9.47 Å². The molecule has 2 heterocycles. The van der Waals surface area contributed by atoms with E-state index in [1.54, 1.807) is 51.1 Å². The zero-order valence-corrected chi connectivity index (χ0v) is 27.9. The van der Waals surface area contributed by atoms with E-state index in [9.17, 15) is 31.2 Å². The number of benzene rings is 3. The summed E-state index contributed by atoms with van der Waals surface area (Å²) in [5, 5.41) is 0.0307. The van der Waals surface area contributed by atoms with Gasteiger partial charge in [0.1, 0.15) is 22.7 Å². The number of sulfone groups is 1. The number of carbonyl (C=O) groups excluding carboxylic acids is 2. The van der Waals surface area contributed by atoms with Crippen LogP contribution in [0.1, 0.15) is 45.8 Å². The number of nitrogens with zero attached hydrogens (tertiary/aromatic N) is 2. The predicted octanol–water partition coefficient (Wildman–Crippen LogP) is 5.44. The number of hydrogen-bond donors (Lipinski definition) is 0. The highest BCUT2D eigenvalue weighted by Crippen LogP contribution is 2.41. The average Bonchev–Trinajstić information content (AvgIpc) is 3.46. The van der Waals surface area contributed by atoms with Crippen LogP contribution in [0.2, 0.25) is 0 Å². The molecule has 0 spiro atoms. The number of hydrogen-bond acceptors (Lipinski definition) is 9. The molecule has 3 aromatic carbocycles. The minimum Gasteiger partial charge on any atom is -0.461 e. The lowest BCUT2D eigenvalue weighted by atomic mass is 10.0. The normalized spacial score (nSPS) is 11.9. The van der Waals surface area contributed by atoms with E-state index >= 15 is 0 Å². The first-order valence-electron chi connectivity index (χ1n) is 14.6. The number of aryl methyl sites for hydroxylation is 3. The first-order valence-corrected chi connectivity index (χ1v) is 17.7. The molecule has 5 aromatic rings. The van der Waals surface area contributed by atoms with Crippen molar-refractivity contribution < 1.29 is 35.9 Å². The third kappa shape index (κ3) is 5.99. The van der Waals surface area contributed by atoms with Crippen molar-refractivity contribution in [2.24, 2.45) is 7.05 Å². The van der Waals surface area contributed by atoms with E-state index in [1.165, 1.54) is 56.6 Å². The number of aldehydes is 1. The van der Waals surface area contributed by atoms with Crippen LogP contribution in [-0.2, 0) is 31.6 Å². The van der Waals surface area contributed by atoms with Gasteiger partial charge in [0.15, 0.2) is 16.1 Å². The summed E-state index contributed by atoms with van der Waals surface area (Å²) >= 11 is 0. The number of pyridine rings is 1. The molecule has 2 aromatic heterocycles. The molecule has 0 fully saturated rings. The smallest absolute Gasteiger partial charge is 0.356 e. The molecule has 0 aliphatic heterocycles. The summed E-state index contributed by atoms with van der Waals surface area (Å²) in [4.78, 5) is 38.8. The summed E-state index contributed by atoms with van der Waals surface area (Å²) in [6.07, 6.45) is 2.04. The van der Waals surface area contributed by atoms with Gasteiger partial charge in [0.05, 0.1) is 27.7 Å². The first-order chi connectivity index (χ1) is 22.2. The largest absolute Gasteiger partial charge is 0.461 e. The Morgan fingerprint density at radius 2 is 1.57 bits per heavy atom. The molecule has 0 amide bonds. The van der Waals surface area contributed by atoms with Gasteiger partial charge < -0.3 is 14.0 Å². The number of fused-ring (bicyclic) bond motifs is 1. The molecule has 0 radical (unpaired) electrons. The zero-order chi connectivity index (χ0) is 34.3. The van der Waals surface area contributed by atoms with Crippen LogP contribution in [-0.4, -0.2) is 50.0 Å². The maximum absolute atomic E-state index is 14.2. The monoisotopic (exact) mass is 676 g/mol. The Morgan fingerprint density at radius 3 is 2.21 bits per heavy atom. The predicted molar refractivity (Wildman–Crippen MR) is 177 cm³/mol. The molecule has 47 heavy (non-hydrogen) atoms. The number of carbonyl (C=O) groups is 2. The summed E-state index contributed by atoms with van der Waals surface area (Å²) in [7, 11) is -6.89. The highest BCUT2D eigenvalue weighted by atomic mass is 32.2. The number of esters is 1. The third-order valence-corrected chi connectivity index (χ3v) is 11.2. The molecule has 0 bridgehead atoms. The Morgan fingerprint density at radius 1 is 0.894 bits per heavy atom. The minimum absolute atomic E-state index is 0.0307. The maximum Gasteiger partial charge on any atom is 0.356 e. The second kappa shape index (κ2) is 12.6. The highest BCUT2D eigenvalue weighted by Gasteiger charge is 2.31. The number of rotatable bonds is 10. The number of ether oxygens (including phenoxy) is 2. The molecule has 244 valence electrons. The minimum atomic E-state index is -4.54. The van der Waals surface area contributed by atoms with Crippen molar-refractivity contribution in [1.29, 1.82) is 0 Å². The Labute approximate surface area is 272 Å². The van der Waals surface area contributed by atoms with Crippen molar-refractivity contribution in [3.8, 4) is 22.6 Å². The molecule has 0 atom stereocenters.